The summed E-state index contributed by atoms with van der Waals surface area (Å²) in [6.45, 7) is 4.92. The second-order valence-corrected chi connectivity index (χ2v) is 3.36. The highest BCUT2D eigenvalue weighted by Crippen LogP contribution is 2.30. The molecule has 50 valence electrons. The van der Waals surface area contributed by atoms with Crippen LogP contribution in [-0.2, 0) is 0 Å². The van der Waals surface area contributed by atoms with E-state index in [9.17, 15) is 0 Å². The molecular weight excluding hydrogens is 128 g/mol. The van der Waals surface area contributed by atoms with Gasteiger partial charge in [0.1, 0.15) is 0 Å². The van der Waals surface area contributed by atoms with Gasteiger partial charge in [-0.25, -0.2) is 0 Å². The van der Waals surface area contributed by atoms with Gasteiger partial charge >= 0.3 is 0 Å². The molecule has 8 heavy (non-hydrogen) atoms. The summed E-state index contributed by atoms with van der Waals surface area (Å²) >= 11 is 5.12. The molecule has 0 aliphatic carbocycles. The first kappa shape index (κ1) is 8.21. The number of halogens is 1. The standard InChI is InChI=1S/C5H11ClO2/c1-4(2,3)5(6,7)8/h7-8H,1-3H3. The molecule has 0 radical (unpaired) electrons. The van der Waals surface area contributed by atoms with Crippen LogP contribution in [0.2, 0.25) is 0 Å². The van der Waals surface area contributed by atoms with Gasteiger partial charge in [0.05, 0.1) is 0 Å². The average molecular weight is 139 g/mol. The fourth-order valence-electron chi connectivity index (χ4n) is 0. The molecule has 2 N–H and O–H groups in total. The largest absolute Gasteiger partial charge is 0.353 e. The maximum atomic E-state index is 8.68. The molecule has 0 spiro atoms. The number of alkyl halides is 1. The van der Waals surface area contributed by atoms with E-state index in [1.807, 2.05) is 0 Å². The summed E-state index contributed by atoms with van der Waals surface area (Å²) in [6, 6.07) is 0. The number of aliphatic hydroxyl groups is 2. The Morgan fingerprint density at radius 1 is 1.12 bits per heavy atom. The van der Waals surface area contributed by atoms with Crippen LogP contribution in [0.5, 0.6) is 0 Å². The lowest BCUT2D eigenvalue weighted by atomic mass is 9.96. The molecule has 0 aliphatic rings. The summed E-state index contributed by atoms with van der Waals surface area (Å²) in [5.74, 6) is 0. The van der Waals surface area contributed by atoms with Crippen LogP contribution in [0.25, 0.3) is 0 Å². The normalized spacial score (nSPS) is 14.2. The third-order valence-electron chi connectivity index (χ3n) is 0.954. The van der Waals surface area contributed by atoms with Gasteiger partial charge in [-0.3, -0.25) is 0 Å². The summed E-state index contributed by atoms with van der Waals surface area (Å²) in [5, 5.41) is 15.3. The lowest BCUT2D eigenvalue weighted by Gasteiger charge is -2.28. The maximum Gasteiger partial charge on any atom is 0.248 e. The molecule has 3 heteroatoms. The molecule has 0 aromatic rings. The van der Waals surface area contributed by atoms with Crippen molar-refractivity contribution in [2.45, 2.75) is 26.0 Å². The molecule has 2 nitrogen and oxygen atoms in total. The second-order valence-electron chi connectivity index (χ2n) is 2.84. The van der Waals surface area contributed by atoms with Crippen LogP contribution in [0, 0.1) is 5.41 Å². The van der Waals surface area contributed by atoms with Crippen LogP contribution in [0.1, 0.15) is 20.8 Å². The summed E-state index contributed by atoms with van der Waals surface area (Å²) in [7, 11) is 0. The van der Waals surface area contributed by atoms with Crippen LogP contribution < -0.4 is 0 Å². The quantitative estimate of drug-likeness (QED) is 0.386. The highest BCUT2D eigenvalue weighted by atomic mass is 35.5. The zero-order chi connectivity index (χ0) is 7.00. The van der Waals surface area contributed by atoms with Crippen molar-refractivity contribution in [1.82, 2.24) is 0 Å². The van der Waals surface area contributed by atoms with E-state index in [-0.39, 0.29) is 0 Å². The van der Waals surface area contributed by atoms with Gasteiger partial charge in [0.2, 0.25) is 5.25 Å². The topological polar surface area (TPSA) is 40.5 Å². The van der Waals surface area contributed by atoms with E-state index < -0.39 is 10.7 Å². The molecule has 0 saturated carbocycles. The van der Waals surface area contributed by atoms with Crippen LogP contribution in [0.3, 0.4) is 0 Å². The Kier molecular flexibility index (Phi) is 1.91. The molecule has 0 saturated heterocycles. The maximum absolute atomic E-state index is 8.68. The van der Waals surface area contributed by atoms with E-state index in [1.54, 1.807) is 20.8 Å². The van der Waals surface area contributed by atoms with Gasteiger partial charge in [0, 0.05) is 5.41 Å². The summed E-state index contributed by atoms with van der Waals surface area (Å²) in [5.41, 5.74) is -0.686. The van der Waals surface area contributed by atoms with E-state index in [0.717, 1.165) is 0 Å². The van der Waals surface area contributed by atoms with Crippen LogP contribution in [0.4, 0.5) is 0 Å². The lowest BCUT2D eigenvalue weighted by Crippen LogP contribution is -2.36. The second kappa shape index (κ2) is 1.87. The summed E-state index contributed by atoms with van der Waals surface area (Å²) in [6.07, 6.45) is 0. The van der Waals surface area contributed by atoms with Crippen molar-refractivity contribution in [3.05, 3.63) is 0 Å². The highest BCUT2D eigenvalue weighted by molar-refractivity contribution is 6.21. The molecule has 0 rings (SSSR count). The average Bonchev–Trinajstić information content (AvgIpc) is 1.25. The minimum absolute atomic E-state index is 0.686. The Bertz CT molecular complexity index is 65.4. The first-order valence-electron chi connectivity index (χ1n) is 2.39. The molecule has 0 aliphatic heterocycles. The van der Waals surface area contributed by atoms with Crippen molar-refractivity contribution in [3.63, 3.8) is 0 Å². The molecule has 0 heterocycles. The lowest BCUT2D eigenvalue weighted by molar-refractivity contribution is -0.156. The first-order valence-corrected chi connectivity index (χ1v) is 2.76. The van der Waals surface area contributed by atoms with Gasteiger partial charge in [0.15, 0.2) is 0 Å². The smallest absolute Gasteiger partial charge is 0.248 e. The predicted molar refractivity (Wildman–Crippen MR) is 32.5 cm³/mol. The zero-order valence-corrected chi connectivity index (χ0v) is 6.03. The molecule has 0 amide bonds. The third kappa shape index (κ3) is 1.99. The summed E-state index contributed by atoms with van der Waals surface area (Å²) < 4.78 is 0. The van der Waals surface area contributed by atoms with Gasteiger partial charge in [-0.2, -0.15) is 0 Å². The van der Waals surface area contributed by atoms with E-state index in [1.165, 1.54) is 0 Å². The molecule has 0 aromatic heterocycles. The molecule has 0 bridgehead atoms. The predicted octanol–water partition coefficient (Wildman–Crippen LogP) is 0.910. The summed E-state index contributed by atoms with van der Waals surface area (Å²) in [4.78, 5) is 0. The number of hydrogen-bond acceptors (Lipinski definition) is 2. The minimum atomic E-state index is -2.09. The zero-order valence-electron chi connectivity index (χ0n) is 5.27. The minimum Gasteiger partial charge on any atom is -0.353 e. The number of rotatable bonds is 0. The Labute approximate surface area is 54.1 Å². The van der Waals surface area contributed by atoms with E-state index in [0.29, 0.717) is 0 Å². The van der Waals surface area contributed by atoms with Crippen LogP contribution >= 0.6 is 11.6 Å². The number of hydrogen-bond donors (Lipinski definition) is 2. The highest BCUT2D eigenvalue weighted by Gasteiger charge is 2.35. The van der Waals surface area contributed by atoms with Gasteiger partial charge in [-0.1, -0.05) is 32.4 Å². The molecule has 0 fully saturated rings. The Balaban J connectivity index is 4.02. The van der Waals surface area contributed by atoms with Crippen LogP contribution in [-0.4, -0.2) is 15.5 Å². The van der Waals surface area contributed by atoms with Gasteiger partial charge in [-0.15, -0.1) is 0 Å². The fraction of sp³-hybridized carbons (Fsp3) is 1.00. The van der Waals surface area contributed by atoms with Crippen molar-refractivity contribution < 1.29 is 10.2 Å². The van der Waals surface area contributed by atoms with Gasteiger partial charge in [0.25, 0.3) is 0 Å². The monoisotopic (exact) mass is 138 g/mol. The molecular formula is C5H11ClO2. The van der Waals surface area contributed by atoms with Crippen molar-refractivity contribution in [1.29, 1.82) is 0 Å². The molecule has 0 aromatic carbocycles. The fourth-order valence-corrected chi connectivity index (χ4v) is 0. The molecule has 0 unspecified atom stereocenters. The van der Waals surface area contributed by atoms with Crippen molar-refractivity contribution in [2.24, 2.45) is 5.41 Å². The van der Waals surface area contributed by atoms with Gasteiger partial charge in [-0.05, 0) is 0 Å². The van der Waals surface area contributed by atoms with Crippen LogP contribution in [0.15, 0.2) is 0 Å². The van der Waals surface area contributed by atoms with E-state index in [4.69, 9.17) is 21.8 Å². The third-order valence-corrected chi connectivity index (χ3v) is 1.52. The SMILES string of the molecule is CC(C)(C)C(O)(O)Cl. The van der Waals surface area contributed by atoms with Gasteiger partial charge < -0.3 is 10.2 Å². The Morgan fingerprint density at radius 2 is 1.25 bits per heavy atom. The Hall–Kier alpha value is 0.210. The first-order chi connectivity index (χ1) is 3.25. The van der Waals surface area contributed by atoms with Crippen molar-refractivity contribution in [2.75, 3.05) is 0 Å². The van der Waals surface area contributed by atoms with Crippen molar-refractivity contribution in [3.8, 4) is 0 Å². The van der Waals surface area contributed by atoms with E-state index >= 15 is 0 Å². The van der Waals surface area contributed by atoms with E-state index in [2.05, 4.69) is 0 Å². The van der Waals surface area contributed by atoms with Crippen molar-refractivity contribution >= 4 is 11.6 Å². The Morgan fingerprint density at radius 3 is 1.25 bits per heavy atom. The molecule has 0 atom stereocenters.